The minimum atomic E-state index is -3.74. The van der Waals surface area contributed by atoms with Crippen molar-refractivity contribution in [1.82, 2.24) is 0 Å². The zero-order valence-electron chi connectivity index (χ0n) is 13.4. The van der Waals surface area contributed by atoms with Gasteiger partial charge in [0.25, 0.3) is 10.0 Å². The van der Waals surface area contributed by atoms with Gasteiger partial charge in [0.1, 0.15) is 5.75 Å². The Bertz CT molecular complexity index is 802. The molecule has 0 amide bonds. The van der Waals surface area contributed by atoms with Crippen LogP contribution in [0.15, 0.2) is 41.3 Å². The van der Waals surface area contributed by atoms with Crippen molar-refractivity contribution in [2.45, 2.75) is 11.8 Å². The van der Waals surface area contributed by atoms with Crippen molar-refractivity contribution in [2.75, 3.05) is 26.1 Å². The fourth-order valence-corrected chi connectivity index (χ4v) is 3.21. The fourth-order valence-electron chi connectivity index (χ4n) is 2.07. The zero-order chi connectivity index (χ0) is 17.0. The normalized spacial score (nSPS) is 11.0. The first-order valence-corrected chi connectivity index (χ1v) is 8.29. The first-order valence-electron chi connectivity index (χ1n) is 6.80. The van der Waals surface area contributed by atoms with Gasteiger partial charge in [0.15, 0.2) is 11.5 Å². The minimum Gasteiger partial charge on any atom is -0.497 e. The second-order valence-electron chi connectivity index (χ2n) is 4.80. The van der Waals surface area contributed by atoms with E-state index in [0.29, 0.717) is 22.9 Å². The van der Waals surface area contributed by atoms with Gasteiger partial charge < -0.3 is 14.2 Å². The summed E-state index contributed by atoms with van der Waals surface area (Å²) in [5, 5.41) is 0. The number of sulfonamides is 1. The van der Waals surface area contributed by atoms with E-state index in [9.17, 15) is 8.42 Å². The number of anilines is 1. The summed E-state index contributed by atoms with van der Waals surface area (Å²) < 4.78 is 43.0. The molecule has 0 aliphatic heterocycles. The predicted molar refractivity (Wildman–Crippen MR) is 88.1 cm³/mol. The van der Waals surface area contributed by atoms with Crippen molar-refractivity contribution in [3.8, 4) is 17.2 Å². The van der Waals surface area contributed by atoms with Crippen LogP contribution < -0.4 is 18.9 Å². The van der Waals surface area contributed by atoms with Crippen LogP contribution in [-0.4, -0.2) is 29.7 Å². The Morgan fingerprint density at radius 2 is 1.57 bits per heavy atom. The Balaban J connectivity index is 2.35. The molecular weight excluding hydrogens is 318 g/mol. The second kappa shape index (κ2) is 6.78. The molecular formula is C16H19NO5S. The second-order valence-corrected chi connectivity index (χ2v) is 6.49. The van der Waals surface area contributed by atoms with Crippen LogP contribution in [0.5, 0.6) is 17.2 Å². The molecule has 0 heterocycles. The quantitative estimate of drug-likeness (QED) is 0.877. The lowest BCUT2D eigenvalue weighted by atomic mass is 10.2. The molecule has 0 aromatic heterocycles. The molecule has 0 unspecified atom stereocenters. The number of hydrogen-bond acceptors (Lipinski definition) is 5. The molecule has 0 atom stereocenters. The Hall–Kier alpha value is -2.41. The lowest BCUT2D eigenvalue weighted by Crippen LogP contribution is -2.14. The highest BCUT2D eigenvalue weighted by molar-refractivity contribution is 7.92. The highest BCUT2D eigenvalue weighted by Crippen LogP contribution is 2.31. The third-order valence-corrected chi connectivity index (χ3v) is 4.71. The smallest absolute Gasteiger partial charge is 0.262 e. The first kappa shape index (κ1) is 17.0. The molecule has 0 saturated carbocycles. The summed E-state index contributed by atoms with van der Waals surface area (Å²) >= 11 is 0. The number of aryl methyl sites for hydroxylation is 1. The van der Waals surface area contributed by atoms with Crippen molar-refractivity contribution in [1.29, 1.82) is 0 Å². The van der Waals surface area contributed by atoms with Crippen LogP contribution in [0.3, 0.4) is 0 Å². The molecule has 6 nitrogen and oxygen atoms in total. The van der Waals surface area contributed by atoms with E-state index in [1.165, 1.54) is 26.4 Å². The third-order valence-electron chi connectivity index (χ3n) is 3.34. The van der Waals surface area contributed by atoms with Gasteiger partial charge in [-0.2, -0.15) is 0 Å². The third kappa shape index (κ3) is 3.68. The fraction of sp³-hybridized carbons (Fsp3) is 0.250. The maximum absolute atomic E-state index is 12.5. The SMILES string of the molecule is COc1ccc(NS(=O)(=O)c2ccc(OC)c(OC)c2)c(C)c1. The van der Waals surface area contributed by atoms with E-state index in [1.807, 2.05) is 0 Å². The van der Waals surface area contributed by atoms with E-state index < -0.39 is 10.0 Å². The molecule has 0 saturated heterocycles. The number of methoxy groups -OCH3 is 3. The maximum atomic E-state index is 12.5. The predicted octanol–water partition coefficient (Wildman–Crippen LogP) is 2.82. The van der Waals surface area contributed by atoms with Crippen molar-refractivity contribution in [3.05, 3.63) is 42.0 Å². The number of rotatable bonds is 6. The first-order chi connectivity index (χ1) is 10.9. The summed E-state index contributed by atoms with van der Waals surface area (Å²) in [6.07, 6.45) is 0. The Labute approximate surface area is 136 Å². The molecule has 2 aromatic rings. The lowest BCUT2D eigenvalue weighted by molar-refractivity contribution is 0.354. The molecule has 0 radical (unpaired) electrons. The zero-order valence-corrected chi connectivity index (χ0v) is 14.2. The molecule has 2 aromatic carbocycles. The molecule has 0 spiro atoms. The van der Waals surface area contributed by atoms with E-state index in [1.54, 1.807) is 38.3 Å². The number of nitrogens with one attached hydrogen (secondary N) is 1. The molecule has 7 heteroatoms. The van der Waals surface area contributed by atoms with Crippen molar-refractivity contribution < 1.29 is 22.6 Å². The van der Waals surface area contributed by atoms with Crippen molar-refractivity contribution in [2.24, 2.45) is 0 Å². The van der Waals surface area contributed by atoms with Gasteiger partial charge in [0, 0.05) is 6.07 Å². The Kier molecular flexibility index (Phi) is 5.00. The van der Waals surface area contributed by atoms with Gasteiger partial charge >= 0.3 is 0 Å². The summed E-state index contributed by atoms with van der Waals surface area (Å²) in [6, 6.07) is 9.54. The topological polar surface area (TPSA) is 73.9 Å². The van der Waals surface area contributed by atoms with E-state index >= 15 is 0 Å². The summed E-state index contributed by atoms with van der Waals surface area (Å²) in [7, 11) is 0.763. The standard InChI is InChI=1S/C16H19NO5S/c1-11-9-12(20-2)5-7-14(11)17-23(18,19)13-6-8-15(21-3)16(10-13)22-4/h5-10,17H,1-4H3. The van der Waals surface area contributed by atoms with Crippen LogP contribution in [0.4, 0.5) is 5.69 Å². The Morgan fingerprint density at radius 1 is 0.870 bits per heavy atom. The summed E-state index contributed by atoms with van der Waals surface area (Å²) in [5.74, 6) is 1.48. The van der Waals surface area contributed by atoms with Crippen LogP contribution in [0.25, 0.3) is 0 Å². The highest BCUT2D eigenvalue weighted by atomic mass is 32.2. The average Bonchev–Trinajstić information content (AvgIpc) is 2.55. The number of hydrogen-bond donors (Lipinski definition) is 1. The van der Waals surface area contributed by atoms with Gasteiger partial charge in [0.2, 0.25) is 0 Å². The van der Waals surface area contributed by atoms with Gasteiger partial charge in [-0.3, -0.25) is 4.72 Å². The van der Waals surface area contributed by atoms with Crippen LogP contribution in [-0.2, 0) is 10.0 Å². The molecule has 23 heavy (non-hydrogen) atoms. The van der Waals surface area contributed by atoms with Gasteiger partial charge in [-0.05, 0) is 42.8 Å². The average molecular weight is 337 g/mol. The highest BCUT2D eigenvalue weighted by Gasteiger charge is 2.18. The summed E-state index contributed by atoms with van der Waals surface area (Å²) in [4.78, 5) is 0.0883. The molecule has 124 valence electrons. The van der Waals surface area contributed by atoms with Crippen LogP contribution in [0.2, 0.25) is 0 Å². The largest absolute Gasteiger partial charge is 0.497 e. The number of benzene rings is 2. The van der Waals surface area contributed by atoms with Crippen molar-refractivity contribution in [3.63, 3.8) is 0 Å². The van der Waals surface area contributed by atoms with Crippen LogP contribution in [0, 0.1) is 6.92 Å². The van der Waals surface area contributed by atoms with Crippen LogP contribution >= 0.6 is 0 Å². The van der Waals surface area contributed by atoms with Crippen LogP contribution in [0.1, 0.15) is 5.56 Å². The Morgan fingerprint density at radius 3 is 2.13 bits per heavy atom. The van der Waals surface area contributed by atoms with E-state index in [4.69, 9.17) is 14.2 Å². The lowest BCUT2D eigenvalue weighted by Gasteiger charge is -2.13. The van der Waals surface area contributed by atoms with Gasteiger partial charge in [-0.1, -0.05) is 0 Å². The molecule has 2 rings (SSSR count). The van der Waals surface area contributed by atoms with E-state index in [0.717, 1.165) is 5.56 Å². The van der Waals surface area contributed by atoms with E-state index in [2.05, 4.69) is 4.72 Å². The summed E-state index contributed by atoms with van der Waals surface area (Å²) in [5.41, 5.74) is 1.24. The number of ether oxygens (including phenoxy) is 3. The minimum absolute atomic E-state index is 0.0883. The molecule has 1 N–H and O–H groups in total. The van der Waals surface area contributed by atoms with Gasteiger partial charge in [0.05, 0.1) is 31.9 Å². The van der Waals surface area contributed by atoms with Crippen molar-refractivity contribution >= 4 is 15.7 Å². The molecule has 0 fully saturated rings. The molecule has 0 aliphatic rings. The maximum Gasteiger partial charge on any atom is 0.262 e. The summed E-state index contributed by atoms with van der Waals surface area (Å²) in [6.45, 7) is 1.80. The van der Waals surface area contributed by atoms with Gasteiger partial charge in [-0.25, -0.2) is 8.42 Å². The van der Waals surface area contributed by atoms with E-state index in [-0.39, 0.29) is 4.90 Å². The molecule has 0 bridgehead atoms. The molecule has 0 aliphatic carbocycles. The monoisotopic (exact) mass is 337 g/mol. The van der Waals surface area contributed by atoms with Gasteiger partial charge in [-0.15, -0.1) is 0 Å².